The number of aromatic nitrogens is 3. The van der Waals surface area contributed by atoms with E-state index in [0.717, 1.165) is 5.56 Å². The molecule has 3 aromatic rings. The van der Waals surface area contributed by atoms with Crippen LogP contribution in [0.2, 0.25) is 0 Å². The zero-order valence-corrected chi connectivity index (χ0v) is 17.0. The summed E-state index contributed by atoms with van der Waals surface area (Å²) >= 11 is 0. The van der Waals surface area contributed by atoms with Crippen molar-refractivity contribution in [2.45, 2.75) is 19.9 Å². The molecule has 0 aliphatic carbocycles. The highest BCUT2D eigenvalue weighted by Crippen LogP contribution is 2.42. The molecule has 1 aliphatic rings. The van der Waals surface area contributed by atoms with Gasteiger partial charge in [-0.15, -0.1) is 0 Å². The Hall–Kier alpha value is -3.81. The summed E-state index contributed by atoms with van der Waals surface area (Å²) in [7, 11) is 1.59. The van der Waals surface area contributed by atoms with Crippen molar-refractivity contribution in [2.75, 3.05) is 24.4 Å². The first-order chi connectivity index (χ1) is 14.6. The van der Waals surface area contributed by atoms with Gasteiger partial charge in [0.05, 0.1) is 19.3 Å². The molecule has 30 heavy (non-hydrogen) atoms. The molecular weight excluding hydrogens is 382 g/mol. The molecule has 0 saturated heterocycles. The molecule has 8 nitrogen and oxygen atoms in total. The van der Waals surface area contributed by atoms with Gasteiger partial charge in [0.1, 0.15) is 12.4 Å². The zero-order chi connectivity index (χ0) is 21.1. The van der Waals surface area contributed by atoms with Crippen molar-refractivity contribution in [3.63, 3.8) is 0 Å². The molecule has 1 atom stereocenters. The molecule has 1 amide bonds. The average molecular weight is 405 g/mol. The Kier molecular flexibility index (Phi) is 5.38. The van der Waals surface area contributed by atoms with Crippen molar-refractivity contribution in [3.05, 3.63) is 71.7 Å². The monoisotopic (exact) mass is 405 g/mol. The lowest BCUT2D eigenvalue weighted by Gasteiger charge is -2.30. The first kappa shape index (κ1) is 19.5. The largest absolute Gasteiger partial charge is 0.493 e. The topological polar surface area (TPSA) is 90.3 Å². The highest BCUT2D eigenvalue weighted by molar-refractivity contribution is 6.06. The van der Waals surface area contributed by atoms with E-state index in [2.05, 4.69) is 20.7 Å². The van der Waals surface area contributed by atoms with Gasteiger partial charge in [-0.05, 0) is 32.0 Å². The third-order valence-corrected chi connectivity index (χ3v) is 4.88. The third kappa shape index (κ3) is 3.47. The number of nitrogens with zero attached hydrogens (tertiary/aromatic N) is 3. The zero-order valence-electron chi connectivity index (χ0n) is 17.0. The Morgan fingerprint density at radius 3 is 2.73 bits per heavy atom. The van der Waals surface area contributed by atoms with E-state index in [-0.39, 0.29) is 5.91 Å². The van der Waals surface area contributed by atoms with Gasteiger partial charge in [0.2, 0.25) is 5.95 Å². The fourth-order valence-electron chi connectivity index (χ4n) is 3.60. The summed E-state index contributed by atoms with van der Waals surface area (Å²) in [6.45, 7) is 4.21. The van der Waals surface area contributed by atoms with Crippen LogP contribution < -0.4 is 20.1 Å². The second-order valence-electron chi connectivity index (χ2n) is 6.73. The van der Waals surface area contributed by atoms with E-state index in [4.69, 9.17) is 9.47 Å². The van der Waals surface area contributed by atoms with Gasteiger partial charge in [-0.1, -0.05) is 30.3 Å². The number of hydrogen-bond donors (Lipinski definition) is 2. The highest BCUT2D eigenvalue weighted by atomic mass is 16.5. The number of methoxy groups -OCH3 is 1. The van der Waals surface area contributed by atoms with Gasteiger partial charge >= 0.3 is 0 Å². The minimum Gasteiger partial charge on any atom is -0.493 e. The van der Waals surface area contributed by atoms with Crippen LogP contribution in [0.25, 0.3) is 0 Å². The number of ether oxygens (including phenoxy) is 2. The predicted octanol–water partition coefficient (Wildman–Crippen LogP) is 3.61. The smallest absolute Gasteiger partial charge is 0.255 e. The fraction of sp³-hybridized carbons (Fsp3) is 0.227. The summed E-state index contributed by atoms with van der Waals surface area (Å²) in [5, 5.41) is 10.5. The van der Waals surface area contributed by atoms with Crippen LogP contribution in [0.15, 0.2) is 66.1 Å². The minimum absolute atomic E-state index is 0.234. The quantitative estimate of drug-likeness (QED) is 0.651. The Balaban J connectivity index is 1.84. The van der Waals surface area contributed by atoms with E-state index in [1.54, 1.807) is 11.8 Å². The van der Waals surface area contributed by atoms with Crippen molar-refractivity contribution >= 4 is 17.5 Å². The van der Waals surface area contributed by atoms with E-state index in [1.807, 2.05) is 62.4 Å². The molecule has 4 rings (SSSR count). The molecule has 0 saturated carbocycles. The summed E-state index contributed by atoms with van der Waals surface area (Å²) in [6, 6.07) is 14.4. The van der Waals surface area contributed by atoms with E-state index >= 15 is 0 Å². The molecule has 154 valence electrons. The van der Waals surface area contributed by atoms with Crippen molar-refractivity contribution in [3.8, 4) is 11.5 Å². The van der Waals surface area contributed by atoms with E-state index in [0.29, 0.717) is 41.0 Å². The third-order valence-electron chi connectivity index (χ3n) is 4.88. The SMILES string of the molecule is CCOc1c(OC)cccc1[C@H]1C(C(=O)Nc2ccccc2)=C(C)Nc2ncnn21. The number of carbonyl (C=O) groups is 1. The molecule has 2 heterocycles. The Morgan fingerprint density at radius 1 is 1.20 bits per heavy atom. The molecule has 2 N–H and O–H groups in total. The van der Waals surface area contributed by atoms with Crippen LogP contribution in [-0.2, 0) is 4.79 Å². The van der Waals surface area contributed by atoms with Crippen LogP contribution in [0.5, 0.6) is 11.5 Å². The summed E-state index contributed by atoms with van der Waals surface area (Å²) in [5.41, 5.74) is 2.69. The molecule has 2 aromatic carbocycles. The summed E-state index contributed by atoms with van der Waals surface area (Å²) in [5.74, 6) is 1.49. The Bertz CT molecular complexity index is 1090. The maximum atomic E-state index is 13.4. The maximum Gasteiger partial charge on any atom is 0.255 e. The van der Waals surface area contributed by atoms with Crippen LogP contribution in [0.4, 0.5) is 11.6 Å². The number of amides is 1. The minimum atomic E-state index is -0.538. The van der Waals surface area contributed by atoms with Gasteiger partial charge in [-0.2, -0.15) is 10.1 Å². The van der Waals surface area contributed by atoms with Crippen LogP contribution in [0, 0.1) is 0 Å². The van der Waals surface area contributed by atoms with Crippen molar-refractivity contribution in [2.24, 2.45) is 0 Å². The van der Waals surface area contributed by atoms with Crippen LogP contribution >= 0.6 is 0 Å². The number of para-hydroxylation sites is 2. The average Bonchev–Trinajstić information content (AvgIpc) is 3.22. The van der Waals surface area contributed by atoms with Gasteiger partial charge in [0, 0.05) is 16.9 Å². The van der Waals surface area contributed by atoms with E-state index < -0.39 is 6.04 Å². The van der Waals surface area contributed by atoms with E-state index in [9.17, 15) is 4.79 Å². The molecular formula is C22H23N5O3. The maximum absolute atomic E-state index is 13.4. The van der Waals surface area contributed by atoms with Gasteiger partial charge < -0.3 is 20.1 Å². The molecule has 1 aromatic heterocycles. The lowest BCUT2D eigenvalue weighted by molar-refractivity contribution is -0.113. The van der Waals surface area contributed by atoms with Gasteiger partial charge in [-0.25, -0.2) is 4.68 Å². The van der Waals surface area contributed by atoms with Gasteiger partial charge in [0.15, 0.2) is 11.5 Å². The number of allylic oxidation sites excluding steroid dienone is 1. The fourth-order valence-corrected chi connectivity index (χ4v) is 3.60. The van der Waals surface area contributed by atoms with Crippen molar-refractivity contribution in [1.82, 2.24) is 14.8 Å². The van der Waals surface area contributed by atoms with Crippen molar-refractivity contribution < 1.29 is 14.3 Å². The number of nitrogens with one attached hydrogen (secondary N) is 2. The summed E-state index contributed by atoms with van der Waals surface area (Å²) in [4.78, 5) is 17.7. The number of carbonyl (C=O) groups excluding carboxylic acids is 1. The van der Waals surface area contributed by atoms with E-state index in [1.165, 1.54) is 6.33 Å². The first-order valence-corrected chi connectivity index (χ1v) is 9.67. The van der Waals surface area contributed by atoms with Crippen LogP contribution in [0.3, 0.4) is 0 Å². The second-order valence-corrected chi connectivity index (χ2v) is 6.73. The molecule has 0 radical (unpaired) electrons. The second kappa shape index (κ2) is 8.28. The Morgan fingerprint density at radius 2 is 2.00 bits per heavy atom. The van der Waals surface area contributed by atoms with Gasteiger partial charge in [-0.3, -0.25) is 4.79 Å². The lowest BCUT2D eigenvalue weighted by Crippen LogP contribution is -2.31. The molecule has 1 aliphatic heterocycles. The number of anilines is 2. The molecule has 8 heteroatoms. The predicted molar refractivity (Wildman–Crippen MR) is 114 cm³/mol. The highest BCUT2D eigenvalue weighted by Gasteiger charge is 2.36. The first-order valence-electron chi connectivity index (χ1n) is 9.67. The van der Waals surface area contributed by atoms with Crippen LogP contribution in [-0.4, -0.2) is 34.4 Å². The number of hydrogen-bond acceptors (Lipinski definition) is 6. The Labute approximate surface area is 174 Å². The van der Waals surface area contributed by atoms with Crippen LogP contribution in [0.1, 0.15) is 25.5 Å². The number of rotatable bonds is 6. The molecule has 0 fully saturated rings. The summed E-state index contributed by atoms with van der Waals surface area (Å²) in [6.07, 6.45) is 1.46. The number of benzene rings is 2. The molecule has 0 spiro atoms. The summed E-state index contributed by atoms with van der Waals surface area (Å²) < 4.78 is 13.1. The van der Waals surface area contributed by atoms with Gasteiger partial charge in [0.25, 0.3) is 5.91 Å². The lowest BCUT2D eigenvalue weighted by atomic mass is 9.94. The number of fused-ring (bicyclic) bond motifs is 1. The standard InChI is InChI=1S/C22H23N5O3/c1-4-30-20-16(11-8-12-17(20)29-3)19-18(14(2)25-22-23-13-24-27(19)22)21(28)26-15-9-6-5-7-10-15/h5-13,19H,4H2,1-3H3,(H,26,28)(H,23,24,25)/t19-/m0/s1. The molecule has 0 bridgehead atoms. The normalized spacial score (nSPS) is 15.2. The van der Waals surface area contributed by atoms with Crippen molar-refractivity contribution in [1.29, 1.82) is 0 Å². The molecule has 0 unspecified atom stereocenters.